The Morgan fingerprint density at radius 1 is 1.44 bits per heavy atom. The van der Waals surface area contributed by atoms with Crippen molar-refractivity contribution in [1.82, 2.24) is 9.78 Å². The Morgan fingerprint density at radius 2 is 1.94 bits per heavy atom. The Hall–Kier alpha value is -1.18. The lowest BCUT2D eigenvalue weighted by Gasteiger charge is -1.95. The number of rotatable bonds is 1. The van der Waals surface area contributed by atoms with Crippen molar-refractivity contribution in [3.63, 3.8) is 0 Å². The number of ether oxygens (including phenoxy) is 1. The molecule has 0 aromatic carbocycles. The number of esters is 1. The highest BCUT2D eigenvalue weighted by Gasteiger charge is 2.10. The largest absolute Gasteiger partial charge is 0.466 e. The second kappa shape index (κ2) is 8.84. The first-order valence-corrected chi connectivity index (χ1v) is 5.86. The quantitative estimate of drug-likeness (QED) is 0.436. The van der Waals surface area contributed by atoms with E-state index in [0.717, 1.165) is 21.0 Å². The Labute approximate surface area is 121 Å². The van der Waals surface area contributed by atoms with Crippen LogP contribution in [0.2, 0.25) is 0 Å². The highest BCUT2D eigenvalue weighted by Crippen LogP contribution is 2.14. The van der Waals surface area contributed by atoms with Crippen LogP contribution in [-0.4, -0.2) is 28.8 Å². The first-order valence-electron chi connectivity index (χ1n) is 4.78. The number of aryl methyl sites for hydroxylation is 1. The van der Waals surface area contributed by atoms with Gasteiger partial charge >= 0.3 is 5.97 Å². The molecule has 1 aromatic heterocycles. The van der Waals surface area contributed by atoms with Crippen LogP contribution in [0.1, 0.15) is 30.5 Å². The number of methoxy groups -OCH3 is 1. The molecule has 0 radical (unpaired) electrons. The second-order valence-electron chi connectivity index (χ2n) is 3.14. The van der Waals surface area contributed by atoms with Gasteiger partial charge in [-0.2, -0.15) is 5.10 Å². The Kier molecular flexibility index (Phi) is 9.42. The maximum atomic E-state index is 10.9. The Balaban J connectivity index is 0. The summed E-state index contributed by atoms with van der Waals surface area (Å²) in [6.07, 6.45) is 1.11. The van der Waals surface area contributed by atoms with Crippen molar-refractivity contribution in [2.24, 2.45) is 0 Å². The fourth-order valence-corrected chi connectivity index (χ4v) is 1.35. The van der Waals surface area contributed by atoms with Crippen molar-refractivity contribution in [2.45, 2.75) is 28.2 Å². The zero-order valence-electron chi connectivity index (χ0n) is 10.3. The Bertz CT molecular complexity index is 439. The number of hydrogen-bond donors (Lipinski definition) is 0. The number of carbonyl (C=O) groups excluding carboxylic acids is 2. The van der Waals surface area contributed by atoms with E-state index < -0.39 is 5.97 Å². The summed E-state index contributed by atoms with van der Waals surface area (Å²) in [5.74, 6) is -0.427. The molecule has 6 heteroatoms. The van der Waals surface area contributed by atoms with Gasteiger partial charge in [0.05, 0.1) is 22.1 Å². The van der Waals surface area contributed by atoms with E-state index in [1.165, 1.54) is 18.7 Å². The molecule has 0 N–H and O–H groups in total. The number of carbonyl (C=O) groups is 2. The molecule has 0 bridgehead atoms. The smallest absolute Gasteiger partial charge is 0.329 e. The van der Waals surface area contributed by atoms with E-state index in [-0.39, 0.29) is 13.3 Å². The van der Waals surface area contributed by atoms with Gasteiger partial charge in [-0.1, -0.05) is 14.0 Å². The predicted molar refractivity (Wildman–Crippen MR) is 79.7 cm³/mol. The van der Waals surface area contributed by atoms with Gasteiger partial charge in [0.2, 0.25) is 5.91 Å². The van der Waals surface area contributed by atoms with Crippen LogP contribution in [0.5, 0.6) is 0 Å². The SMILES string of the molecule is C.C=CC(=O)OC.CC(=O)n1nc(C)c(I)c1C. The molecule has 0 atom stereocenters. The number of nitrogens with zero attached hydrogens (tertiary/aromatic N) is 2. The van der Waals surface area contributed by atoms with Crippen LogP contribution in [0.25, 0.3) is 0 Å². The van der Waals surface area contributed by atoms with E-state index in [1.807, 2.05) is 13.8 Å². The summed E-state index contributed by atoms with van der Waals surface area (Å²) >= 11 is 2.19. The lowest BCUT2D eigenvalue weighted by molar-refractivity contribution is -0.134. The normalized spacial score (nSPS) is 8.50. The van der Waals surface area contributed by atoms with Crippen LogP contribution in [0, 0.1) is 17.4 Å². The van der Waals surface area contributed by atoms with Crippen molar-refractivity contribution >= 4 is 34.5 Å². The monoisotopic (exact) mass is 366 g/mol. The predicted octanol–water partition coefficient (Wildman–Crippen LogP) is 2.75. The molecule has 0 spiro atoms. The summed E-state index contributed by atoms with van der Waals surface area (Å²) < 4.78 is 6.64. The third kappa shape index (κ3) is 5.44. The molecule has 0 saturated carbocycles. The van der Waals surface area contributed by atoms with E-state index in [4.69, 9.17) is 0 Å². The van der Waals surface area contributed by atoms with Gasteiger partial charge in [0.25, 0.3) is 0 Å². The van der Waals surface area contributed by atoms with Gasteiger partial charge in [0.1, 0.15) is 0 Å². The maximum absolute atomic E-state index is 10.9. The standard InChI is InChI=1S/C7H9IN2O.C4H6O2.CH4/c1-4-7(8)5(2)10(9-4)6(3)11;1-3-4(5)6-2;/h1-3H3;3H,1H2,2H3;1H4. The molecule has 0 aliphatic heterocycles. The van der Waals surface area contributed by atoms with E-state index in [0.29, 0.717) is 0 Å². The highest BCUT2D eigenvalue weighted by molar-refractivity contribution is 14.1. The first-order chi connectivity index (χ1) is 7.84. The van der Waals surface area contributed by atoms with Gasteiger partial charge in [0.15, 0.2) is 0 Å². The van der Waals surface area contributed by atoms with E-state index >= 15 is 0 Å². The molecule has 18 heavy (non-hydrogen) atoms. The summed E-state index contributed by atoms with van der Waals surface area (Å²) in [7, 11) is 1.31. The number of aromatic nitrogens is 2. The minimum absolute atomic E-state index is 0. The average molecular weight is 366 g/mol. The topological polar surface area (TPSA) is 61.2 Å². The van der Waals surface area contributed by atoms with Crippen LogP contribution < -0.4 is 0 Å². The van der Waals surface area contributed by atoms with Crippen LogP contribution >= 0.6 is 22.6 Å². The van der Waals surface area contributed by atoms with Crippen LogP contribution in [0.4, 0.5) is 0 Å². The molecule has 0 amide bonds. The third-order valence-electron chi connectivity index (χ3n) is 1.87. The van der Waals surface area contributed by atoms with Gasteiger partial charge in [0, 0.05) is 13.0 Å². The average Bonchev–Trinajstić information content (AvgIpc) is 2.56. The summed E-state index contributed by atoms with van der Waals surface area (Å²) in [5, 5.41) is 4.07. The van der Waals surface area contributed by atoms with E-state index in [1.54, 1.807) is 0 Å². The van der Waals surface area contributed by atoms with Crippen molar-refractivity contribution in [3.8, 4) is 0 Å². The lowest BCUT2D eigenvalue weighted by atomic mass is 10.4. The van der Waals surface area contributed by atoms with Crippen molar-refractivity contribution < 1.29 is 14.3 Å². The second-order valence-corrected chi connectivity index (χ2v) is 4.22. The third-order valence-corrected chi connectivity index (χ3v) is 3.43. The number of halogens is 1. The molecular formula is C12H19IN2O3. The number of hydrogen-bond acceptors (Lipinski definition) is 4. The zero-order chi connectivity index (χ0) is 13.6. The molecular weight excluding hydrogens is 347 g/mol. The maximum Gasteiger partial charge on any atom is 0.329 e. The molecule has 0 unspecified atom stereocenters. The summed E-state index contributed by atoms with van der Waals surface area (Å²) in [4.78, 5) is 20.8. The van der Waals surface area contributed by atoms with Gasteiger partial charge < -0.3 is 4.74 Å². The van der Waals surface area contributed by atoms with Gasteiger partial charge in [-0.3, -0.25) is 4.79 Å². The van der Waals surface area contributed by atoms with E-state index in [2.05, 4.69) is 39.0 Å². The van der Waals surface area contributed by atoms with E-state index in [9.17, 15) is 9.59 Å². The summed E-state index contributed by atoms with van der Waals surface area (Å²) in [6.45, 7) is 8.46. The van der Waals surface area contributed by atoms with Crippen molar-refractivity contribution in [2.75, 3.05) is 7.11 Å². The van der Waals surface area contributed by atoms with Crippen molar-refractivity contribution in [3.05, 3.63) is 27.6 Å². The van der Waals surface area contributed by atoms with Gasteiger partial charge in [-0.15, -0.1) is 0 Å². The molecule has 0 saturated heterocycles. The van der Waals surface area contributed by atoms with Crippen molar-refractivity contribution in [1.29, 1.82) is 0 Å². The minimum atomic E-state index is -0.394. The summed E-state index contributed by atoms with van der Waals surface area (Å²) in [6, 6.07) is 0. The first kappa shape index (κ1) is 19.2. The molecule has 0 aliphatic carbocycles. The highest BCUT2D eigenvalue weighted by atomic mass is 127. The fourth-order valence-electron chi connectivity index (χ4n) is 1.01. The molecule has 5 nitrogen and oxygen atoms in total. The van der Waals surface area contributed by atoms with Crippen LogP contribution in [0.3, 0.4) is 0 Å². The Morgan fingerprint density at radius 3 is 2.06 bits per heavy atom. The fraction of sp³-hybridized carbons (Fsp3) is 0.417. The van der Waals surface area contributed by atoms with Gasteiger partial charge in [-0.05, 0) is 36.4 Å². The molecule has 102 valence electrons. The molecule has 1 heterocycles. The molecule has 0 fully saturated rings. The van der Waals surface area contributed by atoms with Gasteiger partial charge in [-0.25, -0.2) is 9.48 Å². The minimum Gasteiger partial charge on any atom is -0.466 e. The molecule has 1 aromatic rings. The lowest BCUT2D eigenvalue weighted by Crippen LogP contribution is -2.09. The van der Waals surface area contributed by atoms with Crippen LogP contribution in [-0.2, 0) is 9.53 Å². The summed E-state index contributed by atoms with van der Waals surface area (Å²) in [5.41, 5.74) is 1.84. The zero-order valence-corrected chi connectivity index (χ0v) is 12.4. The molecule has 1 rings (SSSR count). The van der Waals surface area contributed by atoms with Crippen LogP contribution in [0.15, 0.2) is 12.7 Å². The molecule has 0 aliphatic rings.